The van der Waals surface area contributed by atoms with Crippen LogP contribution in [0.4, 0.5) is 0 Å². The molecule has 0 amide bonds. The number of hydrogen-bond donors (Lipinski definition) is 1. The van der Waals surface area contributed by atoms with Gasteiger partial charge in [0.25, 0.3) is 5.56 Å². The molecule has 0 aromatic carbocycles. The van der Waals surface area contributed by atoms with Gasteiger partial charge in [0.15, 0.2) is 5.82 Å². The first-order valence-electron chi connectivity index (χ1n) is 5.09. The summed E-state index contributed by atoms with van der Waals surface area (Å²) in [6, 6.07) is 3.81. The molecule has 1 aliphatic heterocycles. The maximum absolute atomic E-state index is 12.0. The van der Waals surface area contributed by atoms with E-state index in [1.54, 1.807) is 18.0 Å². The minimum absolute atomic E-state index is 0.0383. The average Bonchev–Trinajstić information content (AvgIpc) is 2.84. The molecule has 1 aliphatic rings. The van der Waals surface area contributed by atoms with E-state index in [1.165, 1.54) is 4.68 Å². The summed E-state index contributed by atoms with van der Waals surface area (Å²) in [5.74, 6) is 2.36. The van der Waals surface area contributed by atoms with Gasteiger partial charge in [0.1, 0.15) is 0 Å². The molecule has 0 bridgehead atoms. The van der Waals surface area contributed by atoms with E-state index in [2.05, 4.69) is 10.1 Å². The van der Waals surface area contributed by atoms with Crippen LogP contribution in [0.2, 0.25) is 0 Å². The van der Waals surface area contributed by atoms with Crippen molar-refractivity contribution in [2.45, 2.75) is 18.4 Å². The molecule has 0 saturated carbocycles. The molecular formula is C11H11N3OS. The number of nitrogens with zero attached hydrogens (tertiary/aromatic N) is 2. The molecule has 2 aromatic heterocycles. The summed E-state index contributed by atoms with van der Waals surface area (Å²) in [5.41, 5.74) is 3.06. The first kappa shape index (κ1) is 9.72. The predicted octanol–water partition coefficient (Wildman–Crippen LogP) is 1.62. The van der Waals surface area contributed by atoms with Gasteiger partial charge in [-0.2, -0.15) is 11.8 Å². The number of hydrogen-bond acceptors (Lipinski definition) is 3. The third-order valence-electron chi connectivity index (χ3n) is 2.69. The van der Waals surface area contributed by atoms with Gasteiger partial charge in [-0.15, -0.1) is 0 Å². The second-order valence-corrected chi connectivity index (χ2v) is 4.88. The minimum Gasteiger partial charge on any atom is -0.292 e. The largest absolute Gasteiger partial charge is 0.292 e. The highest BCUT2D eigenvalue weighted by Crippen LogP contribution is 2.25. The molecule has 1 N–H and O–H groups in total. The smallest absolute Gasteiger partial charge is 0.276 e. The fourth-order valence-corrected chi connectivity index (χ4v) is 2.84. The zero-order valence-corrected chi connectivity index (χ0v) is 9.67. The van der Waals surface area contributed by atoms with Gasteiger partial charge in [0, 0.05) is 17.7 Å². The Kier molecular flexibility index (Phi) is 2.14. The standard InChI is InChI=1S/C11H11N3OS/c1-7-2-3-10(12-4-7)14-11(15)8-5-16-6-9(8)13-14/h2-4,13H,5-6H2,1H3. The Morgan fingerprint density at radius 1 is 1.44 bits per heavy atom. The van der Waals surface area contributed by atoms with Crippen LogP contribution in [0.25, 0.3) is 5.82 Å². The highest BCUT2D eigenvalue weighted by Gasteiger charge is 2.20. The molecule has 16 heavy (non-hydrogen) atoms. The van der Waals surface area contributed by atoms with Crippen molar-refractivity contribution in [3.63, 3.8) is 0 Å². The molecule has 0 fully saturated rings. The van der Waals surface area contributed by atoms with Crippen LogP contribution in [-0.4, -0.2) is 14.8 Å². The van der Waals surface area contributed by atoms with Crippen molar-refractivity contribution in [1.29, 1.82) is 0 Å². The lowest BCUT2D eigenvalue weighted by Gasteiger charge is -2.01. The van der Waals surface area contributed by atoms with Crippen LogP contribution in [0, 0.1) is 6.92 Å². The van der Waals surface area contributed by atoms with Crippen molar-refractivity contribution >= 4 is 11.8 Å². The number of aromatic amines is 1. The number of aromatic nitrogens is 3. The molecule has 0 unspecified atom stereocenters. The van der Waals surface area contributed by atoms with Crippen molar-refractivity contribution in [2.24, 2.45) is 0 Å². The van der Waals surface area contributed by atoms with Crippen molar-refractivity contribution in [3.8, 4) is 5.82 Å². The van der Waals surface area contributed by atoms with Crippen LogP contribution >= 0.6 is 11.8 Å². The molecule has 4 nitrogen and oxygen atoms in total. The summed E-state index contributed by atoms with van der Waals surface area (Å²) in [6.45, 7) is 1.98. The van der Waals surface area contributed by atoms with Crippen molar-refractivity contribution in [3.05, 3.63) is 45.5 Å². The van der Waals surface area contributed by atoms with E-state index in [9.17, 15) is 4.79 Å². The van der Waals surface area contributed by atoms with Gasteiger partial charge < -0.3 is 0 Å². The first-order valence-corrected chi connectivity index (χ1v) is 6.25. The Labute approximate surface area is 96.7 Å². The van der Waals surface area contributed by atoms with Crippen LogP contribution in [0.3, 0.4) is 0 Å². The van der Waals surface area contributed by atoms with E-state index in [1.807, 2.05) is 19.1 Å². The van der Waals surface area contributed by atoms with Crippen LogP contribution in [0.5, 0.6) is 0 Å². The number of fused-ring (bicyclic) bond motifs is 1. The van der Waals surface area contributed by atoms with E-state index in [-0.39, 0.29) is 5.56 Å². The average molecular weight is 233 g/mol. The number of nitrogens with one attached hydrogen (secondary N) is 1. The third kappa shape index (κ3) is 1.39. The zero-order chi connectivity index (χ0) is 11.1. The normalized spacial score (nSPS) is 14.1. The second-order valence-electron chi connectivity index (χ2n) is 3.90. The number of aryl methyl sites for hydroxylation is 1. The summed E-state index contributed by atoms with van der Waals surface area (Å²) >= 11 is 1.77. The summed E-state index contributed by atoms with van der Waals surface area (Å²) < 4.78 is 1.53. The van der Waals surface area contributed by atoms with E-state index in [0.29, 0.717) is 5.82 Å². The van der Waals surface area contributed by atoms with Crippen molar-refractivity contribution in [2.75, 3.05) is 0 Å². The summed E-state index contributed by atoms with van der Waals surface area (Å²) in [4.78, 5) is 16.3. The molecule has 82 valence electrons. The van der Waals surface area contributed by atoms with E-state index in [4.69, 9.17) is 0 Å². The minimum atomic E-state index is 0.0383. The molecule has 0 spiro atoms. The zero-order valence-electron chi connectivity index (χ0n) is 8.86. The van der Waals surface area contributed by atoms with Gasteiger partial charge in [-0.1, -0.05) is 6.07 Å². The highest BCUT2D eigenvalue weighted by molar-refractivity contribution is 7.98. The van der Waals surface area contributed by atoms with Gasteiger partial charge in [-0.3, -0.25) is 9.89 Å². The predicted molar refractivity (Wildman–Crippen MR) is 63.9 cm³/mol. The van der Waals surface area contributed by atoms with Crippen LogP contribution in [0.15, 0.2) is 23.1 Å². The van der Waals surface area contributed by atoms with Gasteiger partial charge in [-0.05, 0) is 18.6 Å². The summed E-state index contributed by atoms with van der Waals surface area (Å²) in [7, 11) is 0. The molecular weight excluding hydrogens is 222 g/mol. The molecule has 0 aliphatic carbocycles. The van der Waals surface area contributed by atoms with Gasteiger partial charge in [0.2, 0.25) is 0 Å². The second kappa shape index (κ2) is 3.52. The fraction of sp³-hybridized carbons (Fsp3) is 0.273. The third-order valence-corrected chi connectivity index (χ3v) is 3.68. The Morgan fingerprint density at radius 3 is 3.00 bits per heavy atom. The molecule has 0 saturated heterocycles. The van der Waals surface area contributed by atoms with E-state index >= 15 is 0 Å². The molecule has 0 atom stereocenters. The molecule has 0 radical (unpaired) electrons. The molecule has 2 aromatic rings. The Hall–Kier alpha value is -1.49. The van der Waals surface area contributed by atoms with Crippen molar-refractivity contribution < 1.29 is 0 Å². The maximum Gasteiger partial charge on any atom is 0.276 e. The lowest BCUT2D eigenvalue weighted by molar-refractivity contribution is 0.803. The molecule has 5 heteroatoms. The van der Waals surface area contributed by atoms with Crippen LogP contribution in [-0.2, 0) is 11.5 Å². The number of thioether (sulfide) groups is 1. The lowest BCUT2D eigenvalue weighted by atomic mass is 10.3. The van der Waals surface area contributed by atoms with Crippen LogP contribution in [0.1, 0.15) is 16.8 Å². The SMILES string of the molecule is Cc1ccc(-n2[nH]c3c(c2=O)CSC3)nc1. The number of rotatable bonds is 1. The number of pyridine rings is 1. The highest BCUT2D eigenvalue weighted by atomic mass is 32.2. The monoisotopic (exact) mass is 233 g/mol. The van der Waals surface area contributed by atoms with Gasteiger partial charge in [-0.25, -0.2) is 9.67 Å². The van der Waals surface area contributed by atoms with Gasteiger partial charge in [0.05, 0.1) is 11.3 Å². The Bertz CT molecular complexity index is 582. The molecule has 3 rings (SSSR count). The Balaban J connectivity index is 2.14. The maximum atomic E-state index is 12.0. The lowest BCUT2D eigenvalue weighted by Crippen LogP contribution is -2.17. The van der Waals surface area contributed by atoms with Crippen molar-refractivity contribution in [1.82, 2.24) is 14.8 Å². The van der Waals surface area contributed by atoms with Crippen LogP contribution < -0.4 is 5.56 Å². The molecule has 3 heterocycles. The van der Waals surface area contributed by atoms with Gasteiger partial charge >= 0.3 is 0 Å². The summed E-state index contributed by atoms with van der Waals surface area (Å²) in [5, 5.41) is 3.12. The topological polar surface area (TPSA) is 50.7 Å². The van der Waals surface area contributed by atoms with E-state index in [0.717, 1.165) is 28.3 Å². The Morgan fingerprint density at radius 2 is 2.31 bits per heavy atom. The quantitative estimate of drug-likeness (QED) is 0.814. The first-order chi connectivity index (χ1) is 7.75. The fourth-order valence-electron chi connectivity index (χ4n) is 1.79. The van der Waals surface area contributed by atoms with E-state index < -0.39 is 0 Å². The number of H-pyrrole nitrogens is 1. The summed E-state index contributed by atoms with van der Waals surface area (Å²) in [6.07, 6.45) is 1.77.